The number of allylic oxidation sites excluding steroid dienone is 14. The van der Waals surface area contributed by atoms with Crippen LogP contribution in [0.1, 0.15) is 102 Å². The quantitative estimate of drug-likeness (QED) is 0.161. The van der Waals surface area contributed by atoms with Crippen molar-refractivity contribution in [3.05, 3.63) is 215 Å². The highest BCUT2D eigenvalue weighted by atomic mass is 16.3. The van der Waals surface area contributed by atoms with Crippen LogP contribution in [0.15, 0.2) is 173 Å². The number of rotatable bonds is 7. The molecule has 12 rings (SSSR count). The molecular formula is C57H46N4O. The first-order valence-electron chi connectivity index (χ1n) is 22.3. The average molecular weight is 803 g/mol. The Morgan fingerprint density at radius 1 is 0.613 bits per heavy atom. The van der Waals surface area contributed by atoms with E-state index in [4.69, 9.17) is 19.4 Å². The fraction of sp³-hybridized carbons (Fsp3) is 0.175. The largest absolute Gasteiger partial charge is 0.456 e. The monoisotopic (exact) mass is 802 g/mol. The topological polar surface area (TPSA) is 56.7 Å². The lowest BCUT2D eigenvalue weighted by Crippen LogP contribution is -2.16. The molecule has 3 aromatic heterocycles. The number of fused-ring (bicyclic) bond motifs is 6. The van der Waals surface area contributed by atoms with Crippen LogP contribution >= 0.6 is 0 Å². The Hall–Kier alpha value is -7.11. The van der Waals surface area contributed by atoms with Crippen LogP contribution in [-0.2, 0) is 6.42 Å². The lowest BCUT2D eigenvalue weighted by Gasteiger charge is -2.21. The van der Waals surface area contributed by atoms with E-state index >= 15 is 0 Å². The van der Waals surface area contributed by atoms with E-state index in [2.05, 4.69) is 175 Å². The zero-order valence-corrected chi connectivity index (χ0v) is 34.7. The van der Waals surface area contributed by atoms with Crippen LogP contribution in [0.3, 0.4) is 0 Å². The Labute approximate surface area is 362 Å². The molecule has 5 nitrogen and oxygen atoms in total. The van der Waals surface area contributed by atoms with Crippen molar-refractivity contribution >= 4 is 45.2 Å². The minimum atomic E-state index is -0.0732. The van der Waals surface area contributed by atoms with Gasteiger partial charge in [-0.3, -0.25) is 0 Å². The second-order valence-corrected chi connectivity index (χ2v) is 17.1. The molecule has 0 spiro atoms. The highest BCUT2D eigenvalue weighted by molar-refractivity contribution is 5.96. The molecule has 62 heavy (non-hydrogen) atoms. The predicted octanol–water partition coefficient (Wildman–Crippen LogP) is 14.2. The van der Waals surface area contributed by atoms with Crippen molar-refractivity contribution in [3.8, 4) is 16.8 Å². The molecular weight excluding hydrogens is 757 g/mol. The molecule has 0 bridgehead atoms. The van der Waals surface area contributed by atoms with Crippen molar-refractivity contribution in [2.75, 3.05) is 0 Å². The number of furan rings is 1. The summed E-state index contributed by atoms with van der Waals surface area (Å²) in [5.74, 6) is 3.34. The van der Waals surface area contributed by atoms with Gasteiger partial charge in [0.25, 0.3) is 0 Å². The van der Waals surface area contributed by atoms with E-state index in [1.165, 1.54) is 55.6 Å². The number of hydrogen-bond acceptors (Lipinski definition) is 4. The van der Waals surface area contributed by atoms with E-state index in [-0.39, 0.29) is 11.8 Å². The Balaban J connectivity index is 0.985. The van der Waals surface area contributed by atoms with Crippen molar-refractivity contribution in [2.45, 2.75) is 63.2 Å². The predicted molar refractivity (Wildman–Crippen MR) is 254 cm³/mol. The highest BCUT2D eigenvalue weighted by Gasteiger charge is 2.31. The van der Waals surface area contributed by atoms with Crippen molar-refractivity contribution in [1.29, 1.82) is 0 Å². The normalized spacial score (nSPS) is 19.2. The minimum Gasteiger partial charge on any atom is -0.456 e. The Kier molecular flexibility index (Phi) is 9.13. The maximum Gasteiger partial charge on any atom is 0.159 e. The van der Waals surface area contributed by atoms with Crippen LogP contribution in [0.4, 0.5) is 0 Å². The van der Waals surface area contributed by atoms with E-state index < -0.39 is 0 Å². The van der Waals surface area contributed by atoms with Gasteiger partial charge in [0, 0.05) is 34.0 Å². The molecule has 0 saturated carbocycles. The van der Waals surface area contributed by atoms with Crippen LogP contribution in [0.25, 0.3) is 62.0 Å². The molecule has 2 unspecified atom stereocenters. The summed E-state index contributed by atoms with van der Waals surface area (Å²) in [6.45, 7) is 0. The van der Waals surface area contributed by atoms with Crippen LogP contribution < -0.4 is 0 Å². The fourth-order valence-corrected chi connectivity index (χ4v) is 10.3. The Morgan fingerprint density at radius 2 is 1.45 bits per heavy atom. The van der Waals surface area contributed by atoms with Crippen LogP contribution in [0.5, 0.6) is 0 Å². The third kappa shape index (κ3) is 6.51. The molecule has 0 aliphatic heterocycles. The molecule has 3 heterocycles. The highest BCUT2D eigenvalue weighted by Crippen LogP contribution is 2.44. The number of aromatic nitrogens is 4. The average Bonchev–Trinajstić information content (AvgIpc) is 3.89. The van der Waals surface area contributed by atoms with E-state index in [1.807, 2.05) is 0 Å². The maximum atomic E-state index is 6.86. The van der Waals surface area contributed by atoms with Gasteiger partial charge < -0.3 is 8.98 Å². The van der Waals surface area contributed by atoms with Crippen LogP contribution in [0, 0.1) is 0 Å². The van der Waals surface area contributed by atoms with Crippen LogP contribution in [-0.4, -0.2) is 19.5 Å². The van der Waals surface area contributed by atoms with Gasteiger partial charge in [0.15, 0.2) is 5.82 Å². The van der Waals surface area contributed by atoms with Gasteiger partial charge in [-0.2, -0.15) is 0 Å². The number of hydrogen-bond donors (Lipinski definition) is 0. The van der Waals surface area contributed by atoms with Gasteiger partial charge in [0.05, 0.1) is 17.1 Å². The first-order valence-corrected chi connectivity index (χ1v) is 22.3. The fourth-order valence-electron chi connectivity index (χ4n) is 10.3. The minimum absolute atomic E-state index is 0.0732. The summed E-state index contributed by atoms with van der Waals surface area (Å²) >= 11 is 0. The first-order chi connectivity index (χ1) is 30.7. The lowest BCUT2D eigenvalue weighted by atomic mass is 9.87. The molecule has 0 saturated heterocycles. The molecule has 300 valence electrons. The second-order valence-electron chi connectivity index (χ2n) is 17.1. The SMILES string of the molecule is C1=CCCC(C2=Cc3c(c4ccc(-c5ccccc5)cc4n3-c3ccc4c5c(oc4c3)C=CCC5c3nc(C4=CC(c5ccccc5)=CCC4)nc(C4C=CC=CC4)n3)CC2)=C1. The second kappa shape index (κ2) is 15.4. The third-order valence-electron chi connectivity index (χ3n) is 13.4. The summed E-state index contributed by atoms with van der Waals surface area (Å²) < 4.78 is 9.34. The number of nitrogens with zero attached hydrogens (tertiary/aromatic N) is 4. The lowest BCUT2D eigenvalue weighted by molar-refractivity contribution is 0.583. The third-order valence-corrected chi connectivity index (χ3v) is 13.4. The molecule has 0 amide bonds. The molecule has 7 aromatic rings. The molecule has 5 aliphatic rings. The Morgan fingerprint density at radius 3 is 2.29 bits per heavy atom. The summed E-state index contributed by atoms with van der Waals surface area (Å²) in [6.07, 6.45) is 34.7. The summed E-state index contributed by atoms with van der Waals surface area (Å²) in [7, 11) is 0. The van der Waals surface area contributed by atoms with E-state index in [0.717, 1.165) is 102 Å². The van der Waals surface area contributed by atoms with Gasteiger partial charge in [0.1, 0.15) is 23.0 Å². The zero-order valence-electron chi connectivity index (χ0n) is 34.7. The van der Waals surface area contributed by atoms with Gasteiger partial charge in [-0.15, -0.1) is 0 Å². The molecule has 4 aromatic carbocycles. The molecule has 0 radical (unpaired) electrons. The molecule has 5 heteroatoms. The smallest absolute Gasteiger partial charge is 0.159 e. The maximum absolute atomic E-state index is 6.86. The van der Waals surface area contributed by atoms with Gasteiger partial charge in [-0.25, -0.2) is 15.0 Å². The Bertz CT molecular complexity index is 3180. The summed E-state index contributed by atoms with van der Waals surface area (Å²) in [6, 6.07) is 35.2. The molecule has 0 N–H and O–H groups in total. The summed E-state index contributed by atoms with van der Waals surface area (Å²) in [4.78, 5) is 15.9. The zero-order chi connectivity index (χ0) is 41.0. The number of aryl methyl sites for hydroxylation is 1. The van der Waals surface area contributed by atoms with Crippen molar-refractivity contribution in [1.82, 2.24) is 19.5 Å². The van der Waals surface area contributed by atoms with Gasteiger partial charge >= 0.3 is 0 Å². The van der Waals surface area contributed by atoms with Gasteiger partial charge in [-0.1, -0.05) is 127 Å². The van der Waals surface area contributed by atoms with Crippen molar-refractivity contribution in [3.63, 3.8) is 0 Å². The summed E-state index contributed by atoms with van der Waals surface area (Å²) in [5.41, 5.74) is 16.0. The molecule has 5 aliphatic carbocycles. The van der Waals surface area contributed by atoms with Gasteiger partial charge in [-0.05, 0) is 132 Å². The van der Waals surface area contributed by atoms with E-state index in [1.54, 1.807) is 0 Å². The van der Waals surface area contributed by atoms with E-state index in [0.29, 0.717) is 0 Å². The summed E-state index contributed by atoms with van der Waals surface area (Å²) in [5, 5.41) is 2.43. The van der Waals surface area contributed by atoms with Crippen LogP contribution in [0.2, 0.25) is 0 Å². The first kappa shape index (κ1) is 36.7. The standard InChI is InChI=1S/C57H46N4O/c1-5-15-37(16-6-1)41-23-13-24-44(33-41)56-58-55(40-21-11-4-12-22-40)59-57(60-56)49-25-14-26-52-54(49)48-32-29-45(36-53(48)62-52)61-50-34-42(38-17-7-2-8-18-38)27-30-46(50)47-31-28-43(35-51(47)61)39-19-9-3-10-20-39/h1-9,11-12,14-19,21,23,26-27,29-30,32-36,40,49H,10,13,20,22,24-25,28,31H2. The molecule has 0 fully saturated rings. The van der Waals surface area contributed by atoms with Crippen molar-refractivity contribution < 1.29 is 4.42 Å². The van der Waals surface area contributed by atoms with Crippen molar-refractivity contribution in [2.24, 2.45) is 0 Å². The van der Waals surface area contributed by atoms with E-state index in [9.17, 15) is 0 Å². The molecule has 2 atom stereocenters. The number of benzene rings is 4. The van der Waals surface area contributed by atoms with Gasteiger partial charge in [0.2, 0.25) is 0 Å².